The van der Waals surface area contributed by atoms with Crippen LogP contribution in [0.1, 0.15) is 18.4 Å². The summed E-state index contributed by atoms with van der Waals surface area (Å²) in [6.07, 6.45) is 2.35. The Morgan fingerprint density at radius 2 is 1.39 bits per heavy atom. The number of anilines is 4. The number of aromatic hydroxyl groups is 1. The number of hydrogen-bond donors (Lipinski definition) is 5. The molecule has 1 heterocycles. The number of phenolic OH excluding ortho intramolecular Hbond substituents is 1. The van der Waals surface area contributed by atoms with E-state index in [4.69, 9.17) is 16.6 Å². The van der Waals surface area contributed by atoms with Crippen LogP contribution in [0.4, 0.5) is 22.7 Å². The Morgan fingerprint density at radius 1 is 0.878 bits per heavy atom. The van der Waals surface area contributed by atoms with Crippen molar-refractivity contribution in [3.8, 4) is 5.75 Å². The molecule has 0 amide bonds. The average Bonchev–Trinajstić information content (AvgIpc) is 2.93. The Morgan fingerprint density at radius 3 is 1.88 bits per heavy atom. The van der Waals surface area contributed by atoms with Crippen molar-refractivity contribution in [3.05, 3.63) is 72.3 Å². The Labute approximate surface area is 244 Å². The van der Waals surface area contributed by atoms with Gasteiger partial charge in [-0.1, -0.05) is 6.07 Å². The zero-order valence-electron chi connectivity index (χ0n) is 24.1. The van der Waals surface area contributed by atoms with E-state index in [0.717, 1.165) is 41.9 Å². The second-order valence-corrected chi connectivity index (χ2v) is 12.2. The lowest BCUT2D eigenvalue weighted by Gasteiger charge is -2.42. The van der Waals surface area contributed by atoms with Gasteiger partial charge in [-0.3, -0.25) is 4.90 Å². The van der Waals surface area contributed by atoms with E-state index in [1.54, 1.807) is 0 Å². The standard InChI is InChI=1S/C23H37N6.C7H8O4S/c1-29(17-3-13-27-23-10-6-21(25)7-11-23)18-15-28(16-19-29)14-2-12-26-22-8-4-20(24)5-9-22;1-5-2-3-6(8)4-7(5)12(9,10)11/h4-11,26-27H,2-3,12-19,24-25H2,1H3;2-4,8H,1H3,(H,9,10,11)/q+1;/p-1. The SMILES string of the molecule is C[N+]1(CCCNc2ccc(N)cc2)CCN(CCCNc2ccc(N)cc2)CC1.Cc1ccc(O)cc1S(=O)(=O)[O-]. The number of nitrogens with two attached hydrogens (primary N) is 2. The number of piperazine rings is 1. The highest BCUT2D eigenvalue weighted by atomic mass is 32.2. The van der Waals surface area contributed by atoms with Gasteiger partial charge in [-0.25, -0.2) is 8.42 Å². The number of hydrogen-bond acceptors (Lipinski definition) is 9. The van der Waals surface area contributed by atoms with Gasteiger partial charge in [0.1, 0.15) is 15.9 Å². The van der Waals surface area contributed by atoms with E-state index >= 15 is 0 Å². The molecule has 0 atom stereocenters. The van der Waals surface area contributed by atoms with Gasteiger partial charge in [-0.15, -0.1) is 0 Å². The largest absolute Gasteiger partial charge is 0.744 e. The van der Waals surface area contributed by atoms with Gasteiger partial charge in [0.15, 0.2) is 0 Å². The van der Waals surface area contributed by atoms with Crippen LogP contribution in [0.5, 0.6) is 5.75 Å². The summed E-state index contributed by atoms with van der Waals surface area (Å²) in [6, 6.07) is 19.6. The molecule has 1 saturated heterocycles. The number of aryl methyl sites for hydroxylation is 1. The summed E-state index contributed by atoms with van der Waals surface area (Å²) in [4.78, 5) is 2.24. The topological polar surface area (TPSA) is 157 Å². The van der Waals surface area contributed by atoms with Crippen molar-refractivity contribution < 1.29 is 22.6 Å². The van der Waals surface area contributed by atoms with E-state index in [0.29, 0.717) is 5.56 Å². The first-order chi connectivity index (χ1) is 19.4. The second-order valence-electron chi connectivity index (χ2n) is 10.8. The van der Waals surface area contributed by atoms with Crippen LogP contribution in [0.25, 0.3) is 0 Å². The molecule has 224 valence electrons. The predicted molar refractivity (Wildman–Crippen MR) is 166 cm³/mol. The maximum atomic E-state index is 10.5. The fraction of sp³-hybridized carbons (Fsp3) is 0.400. The average molecular weight is 585 g/mol. The van der Waals surface area contributed by atoms with Crippen LogP contribution >= 0.6 is 0 Å². The van der Waals surface area contributed by atoms with Gasteiger partial charge in [-0.05, 0) is 79.6 Å². The molecular weight excluding hydrogens is 540 g/mol. The van der Waals surface area contributed by atoms with E-state index in [9.17, 15) is 13.0 Å². The number of quaternary nitrogens is 1. The molecule has 0 bridgehead atoms. The van der Waals surface area contributed by atoms with E-state index in [2.05, 4.69) is 22.6 Å². The van der Waals surface area contributed by atoms with E-state index in [1.165, 1.54) is 75.6 Å². The smallest absolute Gasteiger partial charge is 0.124 e. The molecule has 11 heteroatoms. The normalized spacial score (nSPS) is 15.0. The first-order valence-electron chi connectivity index (χ1n) is 13.9. The van der Waals surface area contributed by atoms with Crippen LogP contribution in [0, 0.1) is 6.92 Å². The van der Waals surface area contributed by atoms with Crippen molar-refractivity contribution in [2.24, 2.45) is 0 Å². The zero-order valence-corrected chi connectivity index (χ0v) is 24.9. The minimum Gasteiger partial charge on any atom is -0.744 e. The summed E-state index contributed by atoms with van der Waals surface area (Å²) in [6.45, 7) is 10.8. The Hall–Kier alpha value is -3.51. The maximum Gasteiger partial charge on any atom is 0.124 e. The van der Waals surface area contributed by atoms with Crippen LogP contribution in [0.15, 0.2) is 71.6 Å². The van der Waals surface area contributed by atoms with Gasteiger partial charge >= 0.3 is 0 Å². The van der Waals surface area contributed by atoms with Gasteiger partial charge in [-0.2, -0.15) is 0 Å². The molecule has 1 aliphatic heterocycles. The highest BCUT2D eigenvalue weighted by Crippen LogP contribution is 2.20. The number of phenols is 1. The van der Waals surface area contributed by atoms with Gasteiger partial charge in [0.2, 0.25) is 0 Å². The second kappa shape index (κ2) is 14.9. The molecule has 0 saturated carbocycles. The summed E-state index contributed by atoms with van der Waals surface area (Å²) < 4.78 is 32.8. The summed E-state index contributed by atoms with van der Waals surface area (Å²) in [5, 5.41) is 15.9. The van der Waals surface area contributed by atoms with Crippen LogP contribution in [-0.4, -0.2) is 86.9 Å². The number of likely N-dealkylation sites (N-methyl/N-ethyl adjacent to an activating group) is 1. The highest BCUT2D eigenvalue weighted by Gasteiger charge is 2.27. The van der Waals surface area contributed by atoms with Gasteiger partial charge in [0, 0.05) is 61.9 Å². The van der Waals surface area contributed by atoms with Crippen molar-refractivity contribution in [2.75, 3.05) is 81.5 Å². The number of nitrogen functional groups attached to an aromatic ring is 2. The molecule has 0 aromatic heterocycles. The molecule has 7 N–H and O–H groups in total. The number of nitrogens with zero attached hydrogens (tertiary/aromatic N) is 2. The molecule has 0 radical (unpaired) electrons. The van der Waals surface area contributed by atoms with Gasteiger partial charge in [0.05, 0.1) is 31.6 Å². The van der Waals surface area contributed by atoms with Crippen molar-refractivity contribution in [1.82, 2.24) is 4.90 Å². The van der Waals surface area contributed by atoms with E-state index in [-0.39, 0.29) is 10.6 Å². The lowest BCUT2D eigenvalue weighted by molar-refractivity contribution is -0.913. The van der Waals surface area contributed by atoms with E-state index < -0.39 is 10.1 Å². The molecule has 41 heavy (non-hydrogen) atoms. The van der Waals surface area contributed by atoms with Crippen molar-refractivity contribution in [1.29, 1.82) is 0 Å². The summed E-state index contributed by atoms with van der Waals surface area (Å²) in [5.74, 6) is -0.227. The first kappa shape index (κ1) is 32.0. The molecular formula is C30H44N6O4S. The van der Waals surface area contributed by atoms with Gasteiger partial charge in [0.25, 0.3) is 0 Å². The first-order valence-corrected chi connectivity index (χ1v) is 15.3. The van der Waals surface area contributed by atoms with Crippen molar-refractivity contribution >= 4 is 32.9 Å². The minimum absolute atomic E-state index is 0.227. The summed E-state index contributed by atoms with van der Waals surface area (Å²) in [5.41, 5.74) is 15.7. The molecule has 3 aromatic rings. The quantitative estimate of drug-likeness (QED) is 0.0984. The Balaban J connectivity index is 0.000000322. The van der Waals surface area contributed by atoms with Crippen LogP contribution < -0.4 is 22.1 Å². The van der Waals surface area contributed by atoms with Crippen molar-refractivity contribution in [3.63, 3.8) is 0 Å². The maximum absolute atomic E-state index is 10.5. The Bertz CT molecular complexity index is 1330. The monoisotopic (exact) mass is 584 g/mol. The number of benzene rings is 3. The summed E-state index contributed by atoms with van der Waals surface area (Å²) >= 11 is 0. The predicted octanol–water partition coefficient (Wildman–Crippen LogP) is 3.52. The Kier molecular flexibility index (Phi) is 11.7. The third-order valence-corrected chi connectivity index (χ3v) is 8.34. The molecule has 1 aliphatic rings. The molecule has 4 rings (SSSR count). The van der Waals surface area contributed by atoms with Gasteiger partial charge < -0.3 is 36.2 Å². The van der Waals surface area contributed by atoms with Crippen LogP contribution in [0.3, 0.4) is 0 Å². The van der Waals surface area contributed by atoms with Crippen LogP contribution in [0.2, 0.25) is 0 Å². The third kappa shape index (κ3) is 11.1. The molecule has 0 unspecified atom stereocenters. The molecule has 10 nitrogen and oxygen atoms in total. The highest BCUT2D eigenvalue weighted by molar-refractivity contribution is 7.85. The molecule has 0 spiro atoms. The number of nitrogens with one attached hydrogen (secondary N) is 2. The summed E-state index contributed by atoms with van der Waals surface area (Å²) in [7, 11) is -2.06. The molecule has 1 fully saturated rings. The lowest BCUT2D eigenvalue weighted by Crippen LogP contribution is -2.57. The molecule has 0 aliphatic carbocycles. The lowest BCUT2D eigenvalue weighted by atomic mass is 10.2. The zero-order chi connectivity index (χ0) is 29.9. The fourth-order valence-corrected chi connectivity index (χ4v) is 5.45. The molecule has 3 aromatic carbocycles. The van der Waals surface area contributed by atoms with Crippen molar-refractivity contribution in [2.45, 2.75) is 24.7 Å². The van der Waals surface area contributed by atoms with Crippen LogP contribution in [-0.2, 0) is 10.1 Å². The fourth-order valence-electron chi connectivity index (χ4n) is 4.73. The number of rotatable bonds is 11. The third-order valence-electron chi connectivity index (χ3n) is 7.36. The van der Waals surface area contributed by atoms with E-state index in [1.807, 2.05) is 48.5 Å². The minimum atomic E-state index is -4.47.